The number of nitrogens with one attached hydrogen (secondary N) is 1. The minimum Gasteiger partial charge on any atom is -0.493 e. The molecule has 2 aromatic carbocycles. The van der Waals surface area contributed by atoms with Crippen LogP contribution in [0.3, 0.4) is 0 Å². The first-order valence-electron chi connectivity index (χ1n) is 10.1. The predicted octanol–water partition coefficient (Wildman–Crippen LogP) is 4.60. The lowest BCUT2D eigenvalue weighted by Gasteiger charge is -2.17. The molecule has 32 heavy (non-hydrogen) atoms. The Balaban J connectivity index is 2.07. The van der Waals surface area contributed by atoms with Crippen LogP contribution >= 0.6 is 11.8 Å². The Morgan fingerprint density at radius 3 is 2.28 bits per heavy atom. The Labute approximate surface area is 192 Å². The number of carbonyl (C=O) groups excluding carboxylic acids is 3. The van der Waals surface area contributed by atoms with Crippen molar-refractivity contribution in [1.82, 2.24) is 0 Å². The lowest BCUT2D eigenvalue weighted by molar-refractivity contribution is -0.129. The number of anilines is 1. The van der Waals surface area contributed by atoms with Crippen molar-refractivity contribution in [2.75, 3.05) is 26.1 Å². The summed E-state index contributed by atoms with van der Waals surface area (Å²) in [5, 5.41) is 2.33. The van der Waals surface area contributed by atoms with E-state index in [9.17, 15) is 14.4 Å². The van der Waals surface area contributed by atoms with Gasteiger partial charge in [0.05, 0.1) is 25.0 Å². The Morgan fingerprint density at radius 1 is 1.00 bits per heavy atom. The van der Waals surface area contributed by atoms with E-state index in [4.69, 9.17) is 14.2 Å². The Kier molecular flexibility index (Phi) is 8.72. The van der Waals surface area contributed by atoms with Crippen LogP contribution in [0.15, 0.2) is 47.4 Å². The number of esters is 1. The maximum absolute atomic E-state index is 12.7. The highest BCUT2D eigenvalue weighted by Gasteiger charge is 2.24. The van der Waals surface area contributed by atoms with E-state index in [-0.39, 0.29) is 18.3 Å². The molecule has 0 aromatic heterocycles. The van der Waals surface area contributed by atoms with Gasteiger partial charge >= 0.3 is 5.97 Å². The molecule has 0 aliphatic heterocycles. The van der Waals surface area contributed by atoms with Crippen molar-refractivity contribution < 1.29 is 28.6 Å². The summed E-state index contributed by atoms with van der Waals surface area (Å²) in [5.41, 5.74) is 0.282. The molecule has 1 amide bonds. The van der Waals surface area contributed by atoms with Gasteiger partial charge in [-0.15, -0.1) is 11.8 Å². The van der Waals surface area contributed by atoms with E-state index < -0.39 is 16.6 Å². The van der Waals surface area contributed by atoms with E-state index in [2.05, 4.69) is 5.32 Å². The van der Waals surface area contributed by atoms with Crippen LogP contribution in [0.2, 0.25) is 0 Å². The highest BCUT2D eigenvalue weighted by atomic mass is 32.2. The standard InChI is InChI=1S/C24H29NO6S/c1-15(22(27)25-16-11-12-18(29-5)19(13-16)30-6)32-20-10-8-7-9-17(20)23(28)31-14-21(26)24(2,3)4/h7-13,15H,14H2,1-6H3,(H,25,27)/t15-/m1/s1. The number of hydrogen-bond donors (Lipinski definition) is 1. The van der Waals surface area contributed by atoms with Crippen LogP contribution in [-0.4, -0.2) is 43.7 Å². The van der Waals surface area contributed by atoms with Crippen LogP contribution in [0.25, 0.3) is 0 Å². The zero-order valence-electron chi connectivity index (χ0n) is 19.2. The highest BCUT2D eigenvalue weighted by Crippen LogP contribution is 2.31. The van der Waals surface area contributed by atoms with E-state index in [1.807, 2.05) is 0 Å². The quantitative estimate of drug-likeness (QED) is 0.433. The Hall–Kier alpha value is -3.00. The summed E-state index contributed by atoms with van der Waals surface area (Å²) < 4.78 is 15.7. The molecule has 2 rings (SSSR count). The van der Waals surface area contributed by atoms with E-state index in [0.717, 1.165) is 0 Å². The first-order valence-corrected chi connectivity index (χ1v) is 10.9. The molecule has 0 heterocycles. The number of carbonyl (C=O) groups is 3. The second kappa shape index (κ2) is 11.0. The molecular weight excluding hydrogens is 430 g/mol. The smallest absolute Gasteiger partial charge is 0.339 e. The zero-order chi connectivity index (χ0) is 23.9. The van der Waals surface area contributed by atoms with Gasteiger partial charge in [-0.3, -0.25) is 9.59 Å². The maximum Gasteiger partial charge on any atom is 0.339 e. The highest BCUT2D eigenvalue weighted by molar-refractivity contribution is 8.00. The van der Waals surface area contributed by atoms with Gasteiger partial charge in [0.1, 0.15) is 0 Å². The van der Waals surface area contributed by atoms with Gasteiger partial charge in [-0.2, -0.15) is 0 Å². The van der Waals surface area contributed by atoms with Crippen molar-refractivity contribution in [2.45, 2.75) is 37.8 Å². The number of ether oxygens (including phenoxy) is 3. The number of ketones is 1. The van der Waals surface area contributed by atoms with Crippen molar-refractivity contribution >= 4 is 35.1 Å². The van der Waals surface area contributed by atoms with Crippen LogP contribution in [0.4, 0.5) is 5.69 Å². The van der Waals surface area contributed by atoms with Gasteiger partial charge in [-0.05, 0) is 31.2 Å². The summed E-state index contributed by atoms with van der Waals surface area (Å²) in [5.74, 6) is 0.0546. The molecule has 0 aliphatic rings. The van der Waals surface area contributed by atoms with Crippen LogP contribution in [0, 0.1) is 5.41 Å². The molecule has 172 valence electrons. The molecule has 0 aliphatic carbocycles. The van der Waals surface area contributed by atoms with Gasteiger partial charge < -0.3 is 19.5 Å². The Bertz CT molecular complexity index is 983. The first kappa shape index (κ1) is 25.3. The van der Waals surface area contributed by atoms with Crippen LogP contribution < -0.4 is 14.8 Å². The van der Waals surface area contributed by atoms with Crippen molar-refractivity contribution in [2.24, 2.45) is 5.41 Å². The third-order valence-electron chi connectivity index (χ3n) is 4.60. The van der Waals surface area contributed by atoms with E-state index in [0.29, 0.717) is 27.6 Å². The summed E-state index contributed by atoms with van der Waals surface area (Å²) in [4.78, 5) is 37.9. The van der Waals surface area contributed by atoms with Gasteiger partial charge in [0, 0.05) is 22.1 Å². The normalized spacial score (nSPS) is 11.9. The molecule has 0 fully saturated rings. The molecule has 0 unspecified atom stereocenters. The zero-order valence-corrected chi connectivity index (χ0v) is 20.0. The second-order valence-corrected chi connectivity index (χ2v) is 9.45. The van der Waals surface area contributed by atoms with Gasteiger partial charge in [0.25, 0.3) is 0 Å². The molecule has 0 spiro atoms. The molecule has 0 saturated heterocycles. The average Bonchev–Trinajstić information content (AvgIpc) is 2.76. The summed E-state index contributed by atoms with van der Waals surface area (Å²) >= 11 is 1.23. The van der Waals surface area contributed by atoms with Crippen molar-refractivity contribution in [3.8, 4) is 11.5 Å². The van der Waals surface area contributed by atoms with E-state index >= 15 is 0 Å². The molecule has 0 radical (unpaired) electrons. The fourth-order valence-corrected chi connectivity index (χ4v) is 3.55. The predicted molar refractivity (Wildman–Crippen MR) is 125 cm³/mol. The molecule has 0 saturated carbocycles. The van der Waals surface area contributed by atoms with Crippen LogP contribution in [0.5, 0.6) is 11.5 Å². The third-order valence-corrected chi connectivity index (χ3v) is 5.78. The fourth-order valence-electron chi connectivity index (χ4n) is 2.57. The molecule has 8 heteroatoms. The summed E-state index contributed by atoms with van der Waals surface area (Å²) in [6.07, 6.45) is 0. The molecule has 2 aromatic rings. The number of methoxy groups -OCH3 is 2. The minimum atomic E-state index is -0.599. The number of benzene rings is 2. The number of Topliss-reactive ketones (excluding diaryl/α,β-unsaturated/α-hetero) is 1. The molecule has 7 nitrogen and oxygen atoms in total. The van der Waals surface area contributed by atoms with E-state index in [1.54, 1.807) is 70.2 Å². The third kappa shape index (κ3) is 6.75. The van der Waals surface area contributed by atoms with Crippen LogP contribution in [-0.2, 0) is 14.3 Å². The topological polar surface area (TPSA) is 90.9 Å². The van der Waals surface area contributed by atoms with Crippen molar-refractivity contribution in [1.29, 1.82) is 0 Å². The minimum absolute atomic E-state index is 0.168. The number of thioether (sulfide) groups is 1. The van der Waals surface area contributed by atoms with Gasteiger partial charge in [0.15, 0.2) is 23.9 Å². The fraction of sp³-hybridized carbons (Fsp3) is 0.375. The first-order chi connectivity index (χ1) is 15.1. The van der Waals surface area contributed by atoms with E-state index in [1.165, 1.54) is 26.0 Å². The lowest BCUT2D eigenvalue weighted by atomic mass is 9.91. The van der Waals surface area contributed by atoms with Crippen molar-refractivity contribution in [3.63, 3.8) is 0 Å². The van der Waals surface area contributed by atoms with Gasteiger partial charge in [-0.25, -0.2) is 4.79 Å². The summed E-state index contributed by atoms with van der Waals surface area (Å²) in [7, 11) is 3.06. The van der Waals surface area contributed by atoms with Gasteiger partial charge in [-0.1, -0.05) is 32.9 Å². The maximum atomic E-state index is 12.7. The van der Waals surface area contributed by atoms with Crippen molar-refractivity contribution in [3.05, 3.63) is 48.0 Å². The number of hydrogen-bond acceptors (Lipinski definition) is 7. The second-order valence-electron chi connectivity index (χ2n) is 8.06. The molecule has 1 atom stereocenters. The summed E-state index contributed by atoms with van der Waals surface area (Å²) in [6.45, 7) is 6.76. The van der Waals surface area contributed by atoms with Gasteiger partial charge in [0.2, 0.25) is 5.91 Å². The largest absolute Gasteiger partial charge is 0.493 e. The summed E-state index contributed by atoms with van der Waals surface area (Å²) in [6, 6.07) is 11.9. The SMILES string of the molecule is COc1ccc(NC(=O)[C@@H](C)Sc2ccccc2C(=O)OCC(=O)C(C)(C)C)cc1OC. The van der Waals surface area contributed by atoms with Crippen LogP contribution in [0.1, 0.15) is 38.1 Å². The molecule has 1 N–H and O–H groups in total. The Morgan fingerprint density at radius 2 is 1.66 bits per heavy atom. The molecule has 0 bridgehead atoms. The average molecular weight is 460 g/mol. The lowest BCUT2D eigenvalue weighted by Crippen LogP contribution is -2.26. The monoisotopic (exact) mass is 459 g/mol. The molecular formula is C24H29NO6S. The number of rotatable bonds is 9. The number of amides is 1.